The van der Waals surface area contributed by atoms with Crippen molar-refractivity contribution in [2.45, 2.75) is 26.3 Å². The van der Waals surface area contributed by atoms with Crippen LogP contribution in [0.15, 0.2) is 29.0 Å². The summed E-state index contributed by atoms with van der Waals surface area (Å²) in [6.07, 6.45) is 2.65. The SMILES string of the molecule is CCCNC(C)c1ccc(-n2cnc(C#N)n2)cc1Br. The Morgan fingerprint density at radius 1 is 1.50 bits per heavy atom. The molecule has 2 rings (SSSR count). The van der Waals surface area contributed by atoms with Crippen LogP contribution >= 0.6 is 15.9 Å². The van der Waals surface area contributed by atoms with Gasteiger partial charge in [-0.3, -0.25) is 0 Å². The minimum Gasteiger partial charge on any atom is -0.310 e. The van der Waals surface area contributed by atoms with E-state index in [9.17, 15) is 0 Å². The van der Waals surface area contributed by atoms with Gasteiger partial charge in [0, 0.05) is 10.5 Å². The maximum absolute atomic E-state index is 8.75. The van der Waals surface area contributed by atoms with Crippen LogP contribution in [-0.4, -0.2) is 21.3 Å². The van der Waals surface area contributed by atoms with Crippen molar-refractivity contribution in [1.29, 1.82) is 5.26 Å². The molecule has 20 heavy (non-hydrogen) atoms. The molecule has 0 fully saturated rings. The van der Waals surface area contributed by atoms with Crippen LogP contribution in [0, 0.1) is 11.3 Å². The summed E-state index contributed by atoms with van der Waals surface area (Å²) in [6.45, 7) is 5.28. The van der Waals surface area contributed by atoms with Gasteiger partial charge in [0.15, 0.2) is 0 Å². The minimum absolute atomic E-state index is 0.170. The van der Waals surface area contributed by atoms with Gasteiger partial charge in [0.2, 0.25) is 0 Å². The Morgan fingerprint density at radius 3 is 2.90 bits per heavy atom. The van der Waals surface area contributed by atoms with Gasteiger partial charge in [-0.1, -0.05) is 28.9 Å². The summed E-state index contributed by atoms with van der Waals surface area (Å²) in [6, 6.07) is 8.21. The normalized spacial score (nSPS) is 12.1. The Kier molecular flexibility index (Phi) is 4.88. The number of benzene rings is 1. The highest BCUT2D eigenvalue weighted by atomic mass is 79.9. The molecule has 1 aromatic heterocycles. The lowest BCUT2D eigenvalue weighted by molar-refractivity contribution is 0.569. The van der Waals surface area contributed by atoms with E-state index in [4.69, 9.17) is 5.26 Å². The number of hydrogen-bond acceptors (Lipinski definition) is 4. The third-order valence-electron chi connectivity index (χ3n) is 3.01. The van der Waals surface area contributed by atoms with Crippen molar-refractivity contribution in [3.63, 3.8) is 0 Å². The zero-order valence-electron chi connectivity index (χ0n) is 11.5. The molecular formula is C14H16BrN5. The van der Waals surface area contributed by atoms with Crippen LogP contribution in [0.2, 0.25) is 0 Å². The number of rotatable bonds is 5. The Hall–Kier alpha value is -1.71. The molecule has 0 bridgehead atoms. The molecule has 0 spiro atoms. The number of aromatic nitrogens is 3. The van der Waals surface area contributed by atoms with Gasteiger partial charge in [-0.25, -0.2) is 9.67 Å². The molecule has 2 aromatic rings. The first-order chi connectivity index (χ1) is 9.65. The Balaban J connectivity index is 2.23. The fourth-order valence-corrected chi connectivity index (χ4v) is 2.63. The average molecular weight is 334 g/mol. The quantitative estimate of drug-likeness (QED) is 0.913. The van der Waals surface area contributed by atoms with Gasteiger partial charge in [-0.05, 0) is 37.6 Å². The maximum atomic E-state index is 8.75. The van der Waals surface area contributed by atoms with E-state index in [2.05, 4.69) is 51.2 Å². The van der Waals surface area contributed by atoms with Gasteiger partial charge in [-0.2, -0.15) is 5.26 Å². The van der Waals surface area contributed by atoms with Crippen LogP contribution < -0.4 is 5.32 Å². The molecule has 1 heterocycles. The van der Waals surface area contributed by atoms with Crippen molar-refractivity contribution in [3.8, 4) is 11.8 Å². The molecule has 1 atom stereocenters. The summed E-state index contributed by atoms with van der Waals surface area (Å²) < 4.78 is 2.61. The number of nitrogens with zero attached hydrogens (tertiary/aromatic N) is 4. The van der Waals surface area contributed by atoms with Crippen LogP contribution in [-0.2, 0) is 0 Å². The highest BCUT2D eigenvalue weighted by molar-refractivity contribution is 9.10. The summed E-state index contributed by atoms with van der Waals surface area (Å²) in [4.78, 5) is 3.90. The first-order valence-electron chi connectivity index (χ1n) is 6.50. The molecule has 0 aliphatic rings. The topological polar surface area (TPSA) is 66.5 Å². The molecule has 0 radical (unpaired) electrons. The minimum atomic E-state index is 0.170. The van der Waals surface area contributed by atoms with Gasteiger partial charge in [0.05, 0.1) is 5.69 Å². The van der Waals surface area contributed by atoms with Crippen LogP contribution in [0.1, 0.15) is 37.7 Å². The van der Waals surface area contributed by atoms with E-state index in [1.807, 2.05) is 18.2 Å². The first kappa shape index (κ1) is 14.7. The Bertz CT molecular complexity index is 629. The summed E-state index contributed by atoms with van der Waals surface area (Å²) >= 11 is 3.59. The van der Waals surface area contributed by atoms with Gasteiger partial charge in [-0.15, -0.1) is 5.10 Å². The van der Waals surface area contributed by atoms with E-state index in [1.165, 1.54) is 5.56 Å². The molecule has 1 aromatic carbocycles. The van der Waals surface area contributed by atoms with E-state index >= 15 is 0 Å². The predicted octanol–water partition coefficient (Wildman–Crippen LogP) is 2.96. The second-order valence-electron chi connectivity index (χ2n) is 4.51. The molecule has 1 N–H and O–H groups in total. The molecule has 1 unspecified atom stereocenters. The molecule has 0 saturated carbocycles. The zero-order valence-corrected chi connectivity index (χ0v) is 13.1. The second kappa shape index (κ2) is 6.64. The lowest BCUT2D eigenvalue weighted by Gasteiger charge is -2.16. The standard InChI is InChI=1S/C14H16BrN5/c1-3-6-17-10(2)12-5-4-11(7-13(12)15)20-9-18-14(8-16)19-20/h4-5,7,9-10,17H,3,6H2,1-2H3. The van der Waals surface area contributed by atoms with Crippen molar-refractivity contribution < 1.29 is 0 Å². The van der Waals surface area contributed by atoms with Crippen LogP contribution in [0.4, 0.5) is 0 Å². The van der Waals surface area contributed by atoms with Crippen molar-refractivity contribution in [3.05, 3.63) is 40.4 Å². The lowest BCUT2D eigenvalue weighted by Crippen LogP contribution is -2.19. The van der Waals surface area contributed by atoms with Gasteiger partial charge < -0.3 is 5.32 Å². The van der Waals surface area contributed by atoms with Gasteiger partial charge in [0.1, 0.15) is 12.4 Å². The van der Waals surface area contributed by atoms with E-state index in [0.717, 1.165) is 23.1 Å². The van der Waals surface area contributed by atoms with Gasteiger partial charge >= 0.3 is 0 Å². The molecule has 104 valence electrons. The molecule has 5 nitrogen and oxygen atoms in total. The molecule has 0 aliphatic heterocycles. The van der Waals surface area contributed by atoms with E-state index in [-0.39, 0.29) is 11.9 Å². The van der Waals surface area contributed by atoms with E-state index in [1.54, 1.807) is 11.0 Å². The van der Waals surface area contributed by atoms with Crippen LogP contribution in [0.3, 0.4) is 0 Å². The molecular weight excluding hydrogens is 318 g/mol. The molecule has 0 amide bonds. The van der Waals surface area contributed by atoms with Crippen molar-refractivity contribution in [2.24, 2.45) is 0 Å². The molecule has 0 aliphatic carbocycles. The summed E-state index contributed by atoms with van der Waals surface area (Å²) in [5.41, 5.74) is 2.07. The number of hydrogen-bond donors (Lipinski definition) is 1. The van der Waals surface area contributed by atoms with E-state index < -0.39 is 0 Å². The third kappa shape index (κ3) is 3.24. The Morgan fingerprint density at radius 2 is 2.30 bits per heavy atom. The third-order valence-corrected chi connectivity index (χ3v) is 3.69. The first-order valence-corrected chi connectivity index (χ1v) is 7.30. The largest absolute Gasteiger partial charge is 0.310 e. The number of halogens is 1. The predicted molar refractivity (Wildman–Crippen MR) is 80.5 cm³/mol. The molecule has 6 heteroatoms. The second-order valence-corrected chi connectivity index (χ2v) is 5.36. The van der Waals surface area contributed by atoms with Crippen LogP contribution in [0.25, 0.3) is 5.69 Å². The average Bonchev–Trinajstić information content (AvgIpc) is 2.93. The Labute approximate surface area is 126 Å². The van der Waals surface area contributed by atoms with Crippen molar-refractivity contribution >= 4 is 15.9 Å². The fraction of sp³-hybridized carbons (Fsp3) is 0.357. The number of nitrogens with one attached hydrogen (secondary N) is 1. The maximum Gasteiger partial charge on any atom is 0.252 e. The summed E-state index contributed by atoms with van der Waals surface area (Å²) in [5, 5.41) is 16.3. The van der Waals surface area contributed by atoms with Gasteiger partial charge in [0.25, 0.3) is 5.82 Å². The van der Waals surface area contributed by atoms with Crippen molar-refractivity contribution in [1.82, 2.24) is 20.1 Å². The van der Waals surface area contributed by atoms with Crippen molar-refractivity contribution in [2.75, 3.05) is 6.54 Å². The van der Waals surface area contributed by atoms with Crippen LogP contribution in [0.5, 0.6) is 0 Å². The highest BCUT2D eigenvalue weighted by Crippen LogP contribution is 2.25. The zero-order chi connectivity index (χ0) is 14.5. The fourth-order valence-electron chi connectivity index (χ4n) is 1.92. The highest BCUT2D eigenvalue weighted by Gasteiger charge is 2.10. The summed E-state index contributed by atoms with van der Waals surface area (Å²) in [7, 11) is 0. The summed E-state index contributed by atoms with van der Waals surface area (Å²) in [5.74, 6) is 0.170. The monoisotopic (exact) mass is 333 g/mol. The lowest BCUT2D eigenvalue weighted by atomic mass is 10.1. The molecule has 0 saturated heterocycles. The smallest absolute Gasteiger partial charge is 0.252 e. The van der Waals surface area contributed by atoms with E-state index in [0.29, 0.717) is 0 Å². The number of nitriles is 1.